The molecule has 0 aliphatic heterocycles. The maximum absolute atomic E-state index is 11.4. The van der Waals surface area contributed by atoms with Gasteiger partial charge in [-0.05, 0) is 43.2 Å². The first-order valence-electron chi connectivity index (χ1n) is 8.63. The Morgan fingerprint density at radius 1 is 1.19 bits per heavy atom. The van der Waals surface area contributed by atoms with Crippen LogP contribution >= 0.6 is 0 Å². The zero-order valence-corrected chi connectivity index (χ0v) is 16.4. The van der Waals surface area contributed by atoms with Gasteiger partial charge in [0.1, 0.15) is 5.82 Å². The van der Waals surface area contributed by atoms with Crippen LogP contribution in [0.1, 0.15) is 23.7 Å². The number of primary sulfonamides is 1. The van der Waals surface area contributed by atoms with E-state index in [0.29, 0.717) is 6.54 Å². The largest absolute Gasteiger partial charge is 0.366 e. The summed E-state index contributed by atoms with van der Waals surface area (Å²) >= 11 is 0. The van der Waals surface area contributed by atoms with Crippen LogP contribution in [0.3, 0.4) is 0 Å². The minimum absolute atomic E-state index is 0.0864. The van der Waals surface area contributed by atoms with Gasteiger partial charge in [0, 0.05) is 30.9 Å². The van der Waals surface area contributed by atoms with Crippen molar-refractivity contribution in [3.05, 3.63) is 59.4 Å². The Balaban J connectivity index is 1.88. The Hall–Kier alpha value is -2.71. The number of aromatic nitrogens is 3. The van der Waals surface area contributed by atoms with Crippen LogP contribution in [0.5, 0.6) is 0 Å². The van der Waals surface area contributed by atoms with Crippen LogP contribution in [-0.2, 0) is 30.0 Å². The molecule has 3 N–H and O–H groups in total. The van der Waals surface area contributed by atoms with Gasteiger partial charge in [0.15, 0.2) is 0 Å². The third-order valence-electron chi connectivity index (χ3n) is 4.35. The quantitative estimate of drug-likeness (QED) is 0.679. The molecule has 0 saturated carbocycles. The van der Waals surface area contributed by atoms with Crippen molar-refractivity contribution in [1.29, 1.82) is 0 Å². The van der Waals surface area contributed by atoms with Gasteiger partial charge >= 0.3 is 0 Å². The monoisotopic (exact) mass is 385 g/mol. The third kappa shape index (κ3) is 4.53. The molecular weight excluding hydrogens is 362 g/mol. The second-order valence-electron chi connectivity index (χ2n) is 6.44. The molecule has 0 unspecified atom stereocenters. The van der Waals surface area contributed by atoms with Crippen molar-refractivity contribution in [2.45, 2.75) is 31.7 Å². The zero-order valence-electron chi connectivity index (χ0n) is 15.6. The van der Waals surface area contributed by atoms with Crippen molar-refractivity contribution >= 4 is 15.8 Å². The van der Waals surface area contributed by atoms with Gasteiger partial charge in [-0.1, -0.05) is 19.1 Å². The summed E-state index contributed by atoms with van der Waals surface area (Å²) in [5, 5.41) is 12.9. The van der Waals surface area contributed by atoms with Crippen LogP contribution in [0.15, 0.2) is 47.5 Å². The molecule has 0 radical (unpaired) electrons. The predicted octanol–water partition coefficient (Wildman–Crippen LogP) is 2.61. The fraction of sp³-hybridized carbons (Fsp3) is 0.263. The molecule has 0 amide bonds. The van der Waals surface area contributed by atoms with Crippen LogP contribution in [0.25, 0.3) is 11.3 Å². The lowest BCUT2D eigenvalue weighted by molar-refractivity contribution is 0.598. The Labute approximate surface area is 159 Å². The molecule has 0 atom stereocenters. The molecule has 3 rings (SSSR count). The molecule has 0 saturated heterocycles. The van der Waals surface area contributed by atoms with Crippen LogP contribution < -0.4 is 10.5 Å². The minimum atomic E-state index is -3.70. The first kappa shape index (κ1) is 19.1. The third-order valence-corrected chi connectivity index (χ3v) is 5.28. The summed E-state index contributed by atoms with van der Waals surface area (Å²) in [6.45, 7) is 4.69. The molecule has 142 valence electrons. The van der Waals surface area contributed by atoms with E-state index in [9.17, 15) is 8.42 Å². The second kappa shape index (κ2) is 7.50. The van der Waals surface area contributed by atoms with E-state index in [-0.39, 0.29) is 4.90 Å². The van der Waals surface area contributed by atoms with Gasteiger partial charge in [-0.2, -0.15) is 5.10 Å². The highest BCUT2D eigenvalue weighted by molar-refractivity contribution is 7.89. The molecule has 0 spiro atoms. The Kier molecular flexibility index (Phi) is 5.29. The highest BCUT2D eigenvalue weighted by atomic mass is 32.2. The van der Waals surface area contributed by atoms with Gasteiger partial charge in [0.05, 0.1) is 16.3 Å². The van der Waals surface area contributed by atoms with E-state index in [0.717, 1.165) is 40.3 Å². The Bertz CT molecular complexity index is 1060. The smallest absolute Gasteiger partial charge is 0.238 e. The van der Waals surface area contributed by atoms with Crippen LogP contribution in [0.2, 0.25) is 0 Å². The maximum Gasteiger partial charge on any atom is 0.238 e. The molecule has 0 aliphatic rings. The summed E-state index contributed by atoms with van der Waals surface area (Å²) in [6, 6.07) is 10.5. The van der Waals surface area contributed by atoms with E-state index >= 15 is 0 Å². The normalized spacial score (nSPS) is 11.6. The van der Waals surface area contributed by atoms with E-state index in [1.807, 2.05) is 32.3 Å². The SMILES string of the molecule is CCc1cc(NCc2cn(C)nc2C)nc(-c2ccc(S(N)(=O)=O)cc2)c1. The van der Waals surface area contributed by atoms with Gasteiger partial charge in [0.25, 0.3) is 0 Å². The van der Waals surface area contributed by atoms with Crippen molar-refractivity contribution in [1.82, 2.24) is 14.8 Å². The fourth-order valence-electron chi connectivity index (χ4n) is 2.85. The lowest BCUT2D eigenvalue weighted by Crippen LogP contribution is -2.11. The fourth-order valence-corrected chi connectivity index (χ4v) is 3.37. The van der Waals surface area contributed by atoms with E-state index in [2.05, 4.69) is 22.3 Å². The van der Waals surface area contributed by atoms with Crippen molar-refractivity contribution < 1.29 is 8.42 Å². The number of rotatable bonds is 6. The number of hydrogen-bond donors (Lipinski definition) is 2. The summed E-state index contributed by atoms with van der Waals surface area (Å²) in [5.74, 6) is 0.767. The van der Waals surface area contributed by atoms with E-state index in [1.165, 1.54) is 12.1 Å². The van der Waals surface area contributed by atoms with E-state index in [1.54, 1.807) is 16.8 Å². The number of anilines is 1. The molecule has 2 aromatic heterocycles. The predicted molar refractivity (Wildman–Crippen MR) is 106 cm³/mol. The molecule has 3 aromatic rings. The first-order valence-corrected chi connectivity index (χ1v) is 10.2. The summed E-state index contributed by atoms with van der Waals surface area (Å²) in [6.07, 6.45) is 2.85. The van der Waals surface area contributed by atoms with Crippen LogP contribution in [0.4, 0.5) is 5.82 Å². The van der Waals surface area contributed by atoms with Crippen molar-refractivity contribution in [3.8, 4) is 11.3 Å². The summed E-state index contributed by atoms with van der Waals surface area (Å²) in [4.78, 5) is 4.76. The zero-order chi connectivity index (χ0) is 19.6. The van der Waals surface area contributed by atoms with Crippen molar-refractivity contribution in [3.63, 3.8) is 0 Å². The number of nitrogens with two attached hydrogens (primary N) is 1. The molecule has 7 nitrogen and oxygen atoms in total. The van der Waals surface area contributed by atoms with Gasteiger partial charge in [-0.15, -0.1) is 0 Å². The second-order valence-corrected chi connectivity index (χ2v) is 8.00. The van der Waals surface area contributed by atoms with Crippen LogP contribution in [0, 0.1) is 6.92 Å². The molecule has 8 heteroatoms. The molecule has 1 aromatic carbocycles. The number of nitrogens with one attached hydrogen (secondary N) is 1. The molecule has 0 aliphatic carbocycles. The van der Waals surface area contributed by atoms with Gasteiger partial charge in [-0.3, -0.25) is 4.68 Å². The average molecular weight is 385 g/mol. The lowest BCUT2D eigenvalue weighted by atomic mass is 10.1. The lowest BCUT2D eigenvalue weighted by Gasteiger charge is -2.10. The number of sulfonamides is 1. The molecular formula is C19H23N5O2S. The highest BCUT2D eigenvalue weighted by Gasteiger charge is 2.10. The topological polar surface area (TPSA) is 103 Å². The van der Waals surface area contributed by atoms with E-state index in [4.69, 9.17) is 5.14 Å². The van der Waals surface area contributed by atoms with Crippen LogP contribution in [-0.4, -0.2) is 23.2 Å². The average Bonchev–Trinajstić information content (AvgIpc) is 2.96. The number of nitrogens with zero attached hydrogens (tertiary/aromatic N) is 3. The number of pyridine rings is 1. The Morgan fingerprint density at radius 3 is 2.44 bits per heavy atom. The molecule has 0 bridgehead atoms. The maximum atomic E-state index is 11.4. The highest BCUT2D eigenvalue weighted by Crippen LogP contribution is 2.23. The van der Waals surface area contributed by atoms with Gasteiger partial charge in [-0.25, -0.2) is 18.5 Å². The molecule has 27 heavy (non-hydrogen) atoms. The summed E-state index contributed by atoms with van der Waals surface area (Å²) in [7, 11) is -1.81. The van der Waals surface area contributed by atoms with E-state index < -0.39 is 10.0 Å². The number of benzene rings is 1. The van der Waals surface area contributed by atoms with Gasteiger partial charge < -0.3 is 5.32 Å². The Morgan fingerprint density at radius 2 is 1.89 bits per heavy atom. The molecule has 0 fully saturated rings. The first-order chi connectivity index (χ1) is 12.8. The van der Waals surface area contributed by atoms with Gasteiger partial charge in [0.2, 0.25) is 10.0 Å². The summed E-state index contributed by atoms with van der Waals surface area (Å²) in [5.41, 5.74) is 4.84. The van der Waals surface area contributed by atoms with Crippen molar-refractivity contribution in [2.24, 2.45) is 12.2 Å². The summed E-state index contributed by atoms with van der Waals surface area (Å²) < 4.78 is 24.7. The van der Waals surface area contributed by atoms with Crippen molar-refractivity contribution in [2.75, 3.05) is 5.32 Å². The standard InChI is InChI=1S/C19H23N5O2S/c1-4-14-9-18(15-5-7-17(8-6-15)27(20,25)26)22-19(10-14)21-11-16-12-24(3)23-13(16)2/h5-10,12H,4,11H2,1-3H3,(H,21,22)(H2,20,25,26). The minimum Gasteiger partial charge on any atom is -0.366 e. The number of hydrogen-bond acceptors (Lipinski definition) is 5. The molecule has 2 heterocycles. The number of aryl methyl sites for hydroxylation is 3.